The fourth-order valence-corrected chi connectivity index (χ4v) is 2.84. The van der Waals surface area contributed by atoms with Crippen LogP contribution in [0.1, 0.15) is 25.3 Å². The van der Waals surface area contributed by atoms with Gasteiger partial charge in [0.2, 0.25) is 5.88 Å². The lowest BCUT2D eigenvalue weighted by Crippen LogP contribution is -1.97. The molecular formula is C17H17ClN2O. The average Bonchev–Trinajstić information content (AvgIpc) is 2.51. The van der Waals surface area contributed by atoms with Gasteiger partial charge in [0.15, 0.2) is 0 Å². The first-order valence-corrected chi connectivity index (χ1v) is 7.53. The third kappa shape index (κ3) is 2.54. The van der Waals surface area contributed by atoms with Crippen LogP contribution in [-0.2, 0) is 6.42 Å². The molecule has 0 unspecified atom stereocenters. The Hall–Kier alpha value is -1.87. The molecule has 0 fully saturated rings. The molecule has 0 aliphatic rings. The number of unbranched alkanes of at least 4 members (excludes halogenated alkanes) is 1. The Bertz CT molecular complexity index is 801. The standard InChI is InChI=1S/C17H17ClN2O/c1-3-4-5-12-13-8-9-19-17(21-2)16(13)20-15-7-6-11(18)10-14(12)15/h6-10H,3-5H2,1-2H3. The number of hydrogen-bond acceptors (Lipinski definition) is 3. The van der Waals surface area contributed by atoms with Gasteiger partial charge in [-0.25, -0.2) is 9.97 Å². The Morgan fingerprint density at radius 1 is 1.19 bits per heavy atom. The van der Waals surface area contributed by atoms with Gasteiger partial charge in [0.05, 0.1) is 12.6 Å². The van der Waals surface area contributed by atoms with Gasteiger partial charge < -0.3 is 4.74 Å². The minimum absolute atomic E-state index is 0.571. The Kier molecular flexibility index (Phi) is 3.93. The van der Waals surface area contributed by atoms with Crippen LogP contribution < -0.4 is 4.74 Å². The summed E-state index contributed by atoms with van der Waals surface area (Å²) in [7, 11) is 1.63. The molecule has 0 atom stereocenters. The van der Waals surface area contributed by atoms with E-state index >= 15 is 0 Å². The van der Waals surface area contributed by atoms with E-state index in [0.29, 0.717) is 5.88 Å². The van der Waals surface area contributed by atoms with E-state index < -0.39 is 0 Å². The van der Waals surface area contributed by atoms with E-state index in [4.69, 9.17) is 21.3 Å². The van der Waals surface area contributed by atoms with E-state index in [1.54, 1.807) is 13.3 Å². The Balaban J connectivity index is 2.39. The molecule has 4 heteroatoms. The number of aryl methyl sites for hydroxylation is 1. The Morgan fingerprint density at radius 2 is 2.05 bits per heavy atom. The molecule has 3 aromatic rings. The molecule has 0 aliphatic heterocycles. The molecule has 0 aliphatic carbocycles. The van der Waals surface area contributed by atoms with Crippen molar-refractivity contribution in [2.75, 3.05) is 7.11 Å². The van der Waals surface area contributed by atoms with E-state index in [1.807, 2.05) is 24.3 Å². The highest BCUT2D eigenvalue weighted by atomic mass is 35.5. The summed E-state index contributed by atoms with van der Waals surface area (Å²) in [5, 5.41) is 2.96. The number of ether oxygens (including phenoxy) is 1. The normalized spacial score (nSPS) is 11.2. The van der Waals surface area contributed by atoms with Gasteiger partial charge in [0.1, 0.15) is 5.52 Å². The van der Waals surface area contributed by atoms with E-state index in [1.165, 1.54) is 5.56 Å². The summed E-state index contributed by atoms with van der Waals surface area (Å²) >= 11 is 6.17. The van der Waals surface area contributed by atoms with Crippen LogP contribution in [0.4, 0.5) is 0 Å². The van der Waals surface area contributed by atoms with E-state index in [0.717, 1.165) is 46.1 Å². The van der Waals surface area contributed by atoms with Gasteiger partial charge in [-0.15, -0.1) is 0 Å². The molecule has 1 aromatic carbocycles. The van der Waals surface area contributed by atoms with Gasteiger partial charge in [-0.1, -0.05) is 24.9 Å². The van der Waals surface area contributed by atoms with E-state index in [9.17, 15) is 0 Å². The first kappa shape index (κ1) is 14.1. The van der Waals surface area contributed by atoms with Gasteiger partial charge in [-0.3, -0.25) is 0 Å². The number of rotatable bonds is 4. The lowest BCUT2D eigenvalue weighted by Gasteiger charge is -2.12. The van der Waals surface area contributed by atoms with Crippen molar-refractivity contribution in [1.82, 2.24) is 9.97 Å². The van der Waals surface area contributed by atoms with Gasteiger partial charge in [-0.05, 0) is 42.7 Å². The SMILES string of the molecule is CCCCc1c2cc(Cl)ccc2nc2c(OC)nccc12. The summed E-state index contributed by atoms with van der Waals surface area (Å²) in [5.74, 6) is 0.571. The molecule has 3 rings (SSSR count). The first-order valence-electron chi connectivity index (χ1n) is 7.15. The molecule has 0 spiro atoms. The lowest BCUT2D eigenvalue weighted by molar-refractivity contribution is 0.402. The second kappa shape index (κ2) is 5.86. The number of halogens is 1. The van der Waals surface area contributed by atoms with Crippen LogP contribution in [-0.4, -0.2) is 17.1 Å². The van der Waals surface area contributed by atoms with Crippen molar-refractivity contribution >= 4 is 33.4 Å². The summed E-state index contributed by atoms with van der Waals surface area (Å²) < 4.78 is 5.36. The fraction of sp³-hybridized carbons (Fsp3) is 0.294. The minimum atomic E-state index is 0.571. The van der Waals surface area contributed by atoms with Crippen LogP contribution in [0.15, 0.2) is 30.5 Å². The average molecular weight is 301 g/mol. The van der Waals surface area contributed by atoms with Crippen LogP contribution in [0, 0.1) is 0 Å². The Morgan fingerprint density at radius 3 is 2.81 bits per heavy atom. The number of aromatic nitrogens is 2. The summed E-state index contributed by atoms with van der Waals surface area (Å²) in [6, 6.07) is 7.84. The highest BCUT2D eigenvalue weighted by Gasteiger charge is 2.13. The topological polar surface area (TPSA) is 35.0 Å². The maximum Gasteiger partial charge on any atom is 0.240 e. The van der Waals surface area contributed by atoms with Crippen molar-refractivity contribution in [3.05, 3.63) is 41.0 Å². The summed E-state index contributed by atoms with van der Waals surface area (Å²) in [6.45, 7) is 2.20. The monoisotopic (exact) mass is 300 g/mol. The first-order chi connectivity index (χ1) is 10.2. The van der Waals surface area contributed by atoms with Crippen LogP contribution >= 0.6 is 11.6 Å². The predicted octanol–water partition coefficient (Wildman–Crippen LogP) is 4.79. The lowest BCUT2D eigenvalue weighted by atomic mass is 9.99. The van der Waals surface area contributed by atoms with Crippen molar-refractivity contribution in [3.8, 4) is 5.88 Å². The van der Waals surface area contributed by atoms with Gasteiger partial charge >= 0.3 is 0 Å². The van der Waals surface area contributed by atoms with Crippen molar-refractivity contribution in [2.45, 2.75) is 26.2 Å². The van der Waals surface area contributed by atoms with Crippen LogP contribution in [0.2, 0.25) is 5.02 Å². The van der Waals surface area contributed by atoms with E-state index in [2.05, 4.69) is 11.9 Å². The summed E-state index contributed by atoms with van der Waals surface area (Å²) in [6.07, 6.45) is 5.05. The predicted molar refractivity (Wildman–Crippen MR) is 87.2 cm³/mol. The summed E-state index contributed by atoms with van der Waals surface area (Å²) in [4.78, 5) is 8.97. The molecule has 2 heterocycles. The van der Waals surface area contributed by atoms with Crippen LogP contribution in [0.3, 0.4) is 0 Å². The molecular weight excluding hydrogens is 284 g/mol. The molecule has 21 heavy (non-hydrogen) atoms. The number of methoxy groups -OCH3 is 1. The second-order valence-electron chi connectivity index (χ2n) is 5.07. The molecule has 0 amide bonds. The van der Waals surface area contributed by atoms with Gasteiger partial charge in [0.25, 0.3) is 0 Å². The van der Waals surface area contributed by atoms with Crippen molar-refractivity contribution in [1.29, 1.82) is 0 Å². The largest absolute Gasteiger partial charge is 0.479 e. The molecule has 3 nitrogen and oxygen atoms in total. The zero-order valence-electron chi connectivity index (χ0n) is 12.2. The quantitative estimate of drug-likeness (QED) is 0.650. The maximum atomic E-state index is 6.17. The fourth-order valence-electron chi connectivity index (χ4n) is 2.67. The van der Waals surface area contributed by atoms with Crippen molar-refractivity contribution < 1.29 is 4.74 Å². The van der Waals surface area contributed by atoms with Crippen molar-refractivity contribution in [3.63, 3.8) is 0 Å². The van der Waals surface area contributed by atoms with Crippen LogP contribution in [0.5, 0.6) is 5.88 Å². The molecule has 2 aromatic heterocycles. The summed E-state index contributed by atoms with van der Waals surface area (Å²) in [5.41, 5.74) is 3.03. The third-order valence-electron chi connectivity index (χ3n) is 3.71. The molecule has 0 radical (unpaired) electrons. The number of pyridine rings is 2. The number of fused-ring (bicyclic) bond motifs is 2. The number of benzene rings is 1. The van der Waals surface area contributed by atoms with Gasteiger partial charge in [0, 0.05) is 22.0 Å². The molecule has 0 saturated heterocycles. The van der Waals surface area contributed by atoms with Crippen molar-refractivity contribution in [2.24, 2.45) is 0 Å². The minimum Gasteiger partial charge on any atom is -0.479 e. The number of nitrogens with zero attached hydrogens (tertiary/aromatic N) is 2. The number of hydrogen-bond donors (Lipinski definition) is 0. The highest BCUT2D eigenvalue weighted by Crippen LogP contribution is 2.32. The Labute approximate surface area is 128 Å². The van der Waals surface area contributed by atoms with E-state index in [-0.39, 0.29) is 0 Å². The maximum absolute atomic E-state index is 6.17. The molecule has 0 N–H and O–H groups in total. The van der Waals surface area contributed by atoms with Gasteiger partial charge in [-0.2, -0.15) is 0 Å². The third-order valence-corrected chi connectivity index (χ3v) is 3.94. The van der Waals surface area contributed by atoms with Crippen LogP contribution in [0.25, 0.3) is 21.8 Å². The second-order valence-corrected chi connectivity index (χ2v) is 5.51. The smallest absolute Gasteiger partial charge is 0.240 e. The molecule has 0 saturated carbocycles. The molecule has 0 bridgehead atoms. The highest BCUT2D eigenvalue weighted by molar-refractivity contribution is 6.31. The molecule has 108 valence electrons. The zero-order valence-corrected chi connectivity index (χ0v) is 12.9. The zero-order chi connectivity index (χ0) is 14.8.